The molecule has 1 aromatic carbocycles. The van der Waals surface area contributed by atoms with Gasteiger partial charge >= 0.3 is 0 Å². The number of likely N-dealkylation sites (tertiary alicyclic amines) is 1. The van der Waals surface area contributed by atoms with Gasteiger partial charge in [0.1, 0.15) is 5.78 Å². The van der Waals surface area contributed by atoms with Gasteiger partial charge in [-0.1, -0.05) is 30.3 Å². The Kier molecular flexibility index (Phi) is 4.41. The number of carbonyl (C=O) groups excluding carboxylic acids is 1. The van der Waals surface area contributed by atoms with E-state index in [1.807, 2.05) is 0 Å². The van der Waals surface area contributed by atoms with Crippen LogP contribution in [0.15, 0.2) is 30.3 Å². The lowest BCUT2D eigenvalue weighted by atomic mass is 9.81. The number of rotatable bonds is 2. The summed E-state index contributed by atoms with van der Waals surface area (Å²) in [4.78, 5) is 14.3. The standard InChI is InChI=1S/C15H19NO.ClH/c17-15-8-4-7-13-10-16(11-14(13)15)9-12-5-2-1-3-6-12;/h1-3,5-6,13-14H,4,7-11H2;1H. The third-order valence-electron chi connectivity index (χ3n) is 4.18. The number of Topliss-reactive ketones (excluding diaryl/α,β-unsaturated/α-hetero) is 1. The molecule has 0 radical (unpaired) electrons. The van der Waals surface area contributed by atoms with Gasteiger partial charge < -0.3 is 0 Å². The normalized spacial score (nSPS) is 27.7. The van der Waals surface area contributed by atoms with Crippen molar-refractivity contribution in [2.24, 2.45) is 11.8 Å². The summed E-state index contributed by atoms with van der Waals surface area (Å²) in [6.07, 6.45) is 3.18. The first-order valence-electron chi connectivity index (χ1n) is 6.62. The predicted octanol–water partition coefficient (Wildman–Crippen LogP) is 2.91. The van der Waals surface area contributed by atoms with E-state index in [9.17, 15) is 4.79 Å². The summed E-state index contributed by atoms with van der Waals surface area (Å²) in [6, 6.07) is 10.6. The number of nitrogens with zero attached hydrogens (tertiary/aromatic N) is 1. The van der Waals surface area contributed by atoms with Crippen LogP contribution in [0, 0.1) is 11.8 Å². The minimum absolute atomic E-state index is 0. The van der Waals surface area contributed by atoms with Gasteiger partial charge in [0.2, 0.25) is 0 Å². The topological polar surface area (TPSA) is 20.3 Å². The molecule has 1 saturated carbocycles. The molecule has 2 atom stereocenters. The first kappa shape index (κ1) is 13.6. The van der Waals surface area contributed by atoms with E-state index in [2.05, 4.69) is 35.2 Å². The number of hydrogen-bond donors (Lipinski definition) is 0. The van der Waals surface area contributed by atoms with Gasteiger partial charge in [0.25, 0.3) is 0 Å². The van der Waals surface area contributed by atoms with Crippen LogP contribution in [0.2, 0.25) is 0 Å². The van der Waals surface area contributed by atoms with Gasteiger partial charge in [0, 0.05) is 32.0 Å². The van der Waals surface area contributed by atoms with Gasteiger partial charge in [-0.3, -0.25) is 9.69 Å². The Labute approximate surface area is 115 Å². The molecule has 1 heterocycles. The second-order valence-corrected chi connectivity index (χ2v) is 5.40. The molecule has 98 valence electrons. The molecule has 2 unspecified atom stereocenters. The lowest BCUT2D eigenvalue weighted by Crippen LogP contribution is -2.27. The smallest absolute Gasteiger partial charge is 0.137 e. The molecule has 2 aliphatic rings. The van der Waals surface area contributed by atoms with Crippen molar-refractivity contribution in [1.82, 2.24) is 4.90 Å². The van der Waals surface area contributed by atoms with Crippen molar-refractivity contribution in [3.05, 3.63) is 35.9 Å². The zero-order valence-electron chi connectivity index (χ0n) is 10.5. The fourth-order valence-electron chi connectivity index (χ4n) is 3.31. The molecule has 3 rings (SSSR count). The SMILES string of the molecule is Cl.O=C1CCCC2CN(Cc3ccccc3)CC12. The number of halogens is 1. The highest BCUT2D eigenvalue weighted by molar-refractivity contribution is 5.85. The first-order chi connectivity index (χ1) is 8.33. The zero-order chi connectivity index (χ0) is 11.7. The maximum Gasteiger partial charge on any atom is 0.137 e. The van der Waals surface area contributed by atoms with Gasteiger partial charge in [0.15, 0.2) is 0 Å². The maximum atomic E-state index is 11.8. The Morgan fingerprint density at radius 1 is 1.17 bits per heavy atom. The average Bonchev–Trinajstić information content (AvgIpc) is 2.74. The Morgan fingerprint density at radius 2 is 1.94 bits per heavy atom. The molecule has 18 heavy (non-hydrogen) atoms. The van der Waals surface area contributed by atoms with E-state index in [1.54, 1.807) is 0 Å². The Hall–Kier alpha value is -0.860. The van der Waals surface area contributed by atoms with E-state index in [4.69, 9.17) is 0 Å². The summed E-state index contributed by atoms with van der Waals surface area (Å²) in [6.45, 7) is 3.10. The molecule has 0 aromatic heterocycles. The maximum absolute atomic E-state index is 11.8. The second-order valence-electron chi connectivity index (χ2n) is 5.40. The molecule has 3 heteroatoms. The van der Waals surface area contributed by atoms with Gasteiger partial charge in [0.05, 0.1) is 0 Å². The van der Waals surface area contributed by atoms with Gasteiger partial charge in [-0.25, -0.2) is 0 Å². The Bertz CT molecular complexity index is 406. The van der Waals surface area contributed by atoms with Crippen LogP contribution in [-0.2, 0) is 11.3 Å². The van der Waals surface area contributed by atoms with E-state index < -0.39 is 0 Å². The van der Waals surface area contributed by atoms with Crippen LogP contribution in [0.4, 0.5) is 0 Å². The minimum atomic E-state index is 0. The molecular formula is C15H20ClNO. The van der Waals surface area contributed by atoms with Crippen molar-refractivity contribution in [3.8, 4) is 0 Å². The summed E-state index contributed by atoms with van der Waals surface area (Å²) in [5, 5.41) is 0. The highest BCUT2D eigenvalue weighted by Crippen LogP contribution is 2.34. The fourth-order valence-corrected chi connectivity index (χ4v) is 3.31. The molecule has 0 bridgehead atoms. The van der Waals surface area contributed by atoms with Crippen LogP contribution >= 0.6 is 12.4 Å². The van der Waals surface area contributed by atoms with Crippen molar-refractivity contribution in [2.45, 2.75) is 25.8 Å². The Morgan fingerprint density at radius 3 is 2.67 bits per heavy atom. The summed E-state index contributed by atoms with van der Waals surface area (Å²) < 4.78 is 0. The zero-order valence-corrected chi connectivity index (χ0v) is 11.4. The third-order valence-corrected chi connectivity index (χ3v) is 4.18. The van der Waals surface area contributed by atoms with Crippen molar-refractivity contribution in [1.29, 1.82) is 0 Å². The molecule has 0 N–H and O–H groups in total. The van der Waals surface area contributed by atoms with E-state index in [1.165, 1.54) is 12.0 Å². The number of ketones is 1. The van der Waals surface area contributed by atoms with Crippen molar-refractivity contribution >= 4 is 18.2 Å². The van der Waals surface area contributed by atoms with Gasteiger partial charge in [-0.15, -0.1) is 12.4 Å². The largest absolute Gasteiger partial charge is 0.299 e. The van der Waals surface area contributed by atoms with Crippen molar-refractivity contribution < 1.29 is 4.79 Å². The molecule has 1 aromatic rings. The minimum Gasteiger partial charge on any atom is -0.299 e. The number of fused-ring (bicyclic) bond motifs is 1. The third kappa shape index (κ3) is 2.76. The monoisotopic (exact) mass is 265 g/mol. The van der Waals surface area contributed by atoms with Crippen LogP contribution < -0.4 is 0 Å². The summed E-state index contributed by atoms with van der Waals surface area (Å²) in [7, 11) is 0. The summed E-state index contributed by atoms with van der Waals surface area (Å²) in [5.74, 6) is 1.49. The average molecular weight is 266 g/mol. The van der Waals surface area contributed by atoms with Crippen LogP contribution in [0.1, 0.15) is 24.8 Å². The number of carbonyl (C=O) groups is 1. The molecule has 1 saturated heterocycles. The lowest BCUT2D eigenvalue weighted by Gasteiger charge is -2.21. The van der Waals surface area contributed by atoms with Crippen LogP contribution in [0.25, 0.3) is 0 Å². The van der Waals surface area contributed by atoms with Gasteiger partial charge in [-0.05, 0) is 24.3 Å². The molecule has 0 amide bonds. The quantitative estimate of drug-likeness (QED) is 0.820. The highest BCUT2D eigenvalue weighted by atomic mass is 35.5. The summed E-state index contributed by atoms with van der Waals surface area (Å²) >= 11 is 0. The number of benzene rings is 1. The van der Waals surface area contributed by atoms with Crippen LogP contribution in [-0.4, -0.2) is 23.8 Å². The second kappa shape index (κ2) is 5.85. The van der Waals surface area contributed by atoms with E-state index >= 15 is 0 Å². The predicted molar refractivity (Wildman–Crippen MR) is 74.8 cm³/mol. The van der Waals surface area contributed by atoms with Crippen molar-refractivity contribution in [2.75, 3.05) is 13.1 Å². The number of hydrogen-bond acceptors (Lipinski definition) is 2. The first-order valence-corrected chi connectivity index (χ1v) is 6.62. The van der Waals surface area contributed by atoms with Gasteiger partial charge in [-0.2, -0.15) is 0 Å². The molecular weight excluding hydrogens is 246 g/mol. The highest BCUT2D eigenvalue weighted by Gasteiger charge is 2.38. The van der Waals surface area contributed by atoms with Crippen LogP contribution in [0.3, 0.4) is 0 Å². The Balaban J connectivity index is 0.00000120. The van der Waals surface area contributed by atoms with E-state index in [-0.39, 0.29) is 12.4 Å². The molecule has 0 spiro atoms. The molecule has 2 nitrogen and oxygen atoms in total. The molecule has 2 fully saturated rings. The fraction of sp³-hybridized carbons (Fsp3) is 0.533. The van der Waals surface area contributed by atoms with E-state index in [0.29, 0.717) is 17.6 Å². The summed E-state index contributed by atoms with van der Waals surface area (Å²) in [5.41, 5.74) is 1.36. The van der Waals surface area contributed by atoms with Crippen molar-refractivity contribution in [3.63, 3.8) is 0 Å². The molecule has 1 aliphatic heterocycles. The lowest BCUT2D eigenvalue weighted by molar-refractivity contribution is -0.125. The van der Waals surface area contributed by atoms with E-state index in [0.717, 1.165) is 32.5 Å². The van der Waals surface area contributed by atoms with Crippen LogP contribution in [0.5, 0.6) is 0 Å². The molecule has 1 aliphatic carbocycles.